The molecule has 28 heavy (non-hydrogen) atoms. The highest BCUT2D eigenvalue weighted by Crippen LogP contribution is 2.36. The molecule has 5 nitrogen and oxygen atoms in total. The lowest BCUT2D eigenvalue weighted by atomic mass is 10.0. The molecular formula is C23H22O5. The SMILES string of the molecule is CCCCCOC(=O)C(=C1OC(=O)C(c2ccccc2)=C1O)c1ccccc1. The number of ether oxygens (including phenoxy) is 2. The van der Waals surface area contributed by atoms with Crippen LogP contribution in [0.2, 0.25) is 0 Å². The molecule has 0 unspecified atom stereocenters. The number of rotatable bonds is 7. The molecule has 0 fully saturated rings. The van der Waals surface area contributed by atoms with E-state index in [1.54, 1.807) is 54.6 Å². The molecule has 0 saturated heterocycles. The van der Waals surface area contributed by atoms with Gasteiger partial charge >= 0.3 is 11.9 Å². The number of esters is 2. The summed E-state index contributed by atoms with van der Waals surface area (Å²) in [6.07, 6.45) is 2.70. The average molecular weight is 378 g/mol. The third-order valence-electron chi connectivity index (χ3n) is 4.39. The first-order valence-electron chi connectivity index (χ1n) is 9.31. The van der Waals surface area contributed by atoms with E-state index >= 15 is 0 Å². The zero-order valence-electron chi connectivity index (χ0n) is 15.7. The molecule has 2 aromatic rings. The summed E-state index contributed by atoms with van der Waals surface area (Å²) in [7, 11) is 0. The number of aliphatic hydroxyl groups excluding tert-OH is 1. The summed E-state index contributed by atoms with van der Waals surface area (Å²) in [6.45, 7) is 2.32. The first-order chi connectivity index (χ1) is 13.6. The van der Waals surface area contributed by atoms with Crippen LogP contribution in [0.1, 0.15) is 37.3 Å². The van der Waals surface area contributed by atoms with Crippen LogP contribution in [-0.2, 0) is 19.1 Å². The van der Waals surface area contributed by atoms with Gasteiger partial charge in [-0.25, -0.2) is 9.59 Å². The van der Waals surface area contributed by atoms with Gasteiger partial charge in [-0.15, -0.1) is 0 Å². The summed E-state index contributed by atoms with van der Waals surface area (Å²) in [6, 6.07) is 17.4. The summed E-state index contributed by atoms with van der Waals surface area (Å²) >= 11 is 0. The second-order valence-electron chi connectivity index (χ2n) is 6.39. The number of cyclic esters (lactones) is 1. The largest absolute Gasteiger partial charge is 0.504 e. The fourth-order valence-corrected chi connectivity index (χ4v) is 2.97. The van der Waals surface area contributed by atoms with Crippen molar-refractivity contribution in [2.24, 2.45) is 0 Å². The van der Waals surface area contributed by atoms with Crippen molar-refractivity contribution in [2.45, 2.75) is 26.2 Å². The third kappa shape index (κ3) is 4.14. The summed E-state index contributed by atoms with van der Waals surface area (Å²) in [5.74, 6) is -1.87. The maximum absolute atomic E-state index is 12.8. The summed E-state index contributed by atoms with van der Waals surface area (Å²) < 4.78 is 10.7. The van der Waals surface area contributed by atoms with Crippen molar-refractivity contribution in [3.8, 4) is 0 Å². The van der Waals surface area contributed by atoms with Gasteiger partial charge in [0, 0.05) is 0 Å². The topological polar surface area (TPSA) is 72.8 Å². The molecule has 0 bridgehead atoms. The predicted octanol–water partition coefficient (Wildman–Crippen LogP) is 4.66. The Bertz CT molecular complexity index is 911. The normalized spacial score (nSPS) is 15.4. The number of unbranched alkanes of at least 4 members (excludes halogenated alkanes) is 2. The van der Waals surface area contributed by atoms with Crippen molar-refractivity contribution < 1.29 is 24.2 Å². The van der Waals surface area contributed by atoms with Gasteiger partial charge in [-0.05, 0) is 17.5 Å². The lowest BCUT2D eigenvalue weighted by Crippen LogP contribution is -2.12. The van der Waals surface area contributed by atoms with Gasteiger partial charge < -0.3 is 14.6 Å². The van der Waals surface area contributed by atoms with E-state index in [0.717, 1.165) is 19.3 Å². The van der Waals surface area contributed by atoms with Gasteiger partial charge in [0.1, 0.15) is 11.1 Å². The molecule has 0 atom stereocenters. The van der Waals surface area contributed by atoms with Crippen molar-refractivity contribution in [3.63, 3.8) is 0 Å². The fourth-order valence-electron chi connectivity index (χ4n) is 2.97. The Morgan fingerprint density at radius 3 is 2.29 bits per heavy atom. The lowest BCUT2D eigenvalue weighted by molar-refractivity contribution is -0.137. The Balaban J connectivity index is 2.04. The van der Waals surface area contributed by atoms with E-state index in [1.807, 2.05) is 6.07 Å². The van der Waals surface area contributed by atoms with E-state index in [1.165, 1.54) is 0 Å². The molecule has 0 aliphatic carbocycles. The van der Waals surface area contributed by atoms with Crippen LogP contribution in [0.25, 0.3) is 11.1 Å². The van der Waals surface area contributed by atoms with Crippen LogP contribution >= 0.6 is 0 Å². The number of carbonyl (C=O) groups excluding carboxylic acids is 2. The Morgan fingerprint density at radius 2 is 1.64 bits per heavy atom. The molecule has 1 N–H and O–H groups in total. The minimum atomic E-state index is -0.703. The highest BCUT2D eigenvalue weighted by Gasteiger charge is 2.36. The molecule has 0 spiro atoms. The number of carbonyl (C=O) groups is 2. The first kappa shape index (κ1) is 19.4. The number of benzene rings is 2. The molecule has 0 radical (unpaired) electrons. The average Bonchev–Trinajstić information content (AvgIpc) is 3.01. The van der Waals surface area contributed by atoms with Crippen LogP contribution in [0.15, 0.2) is 72.2 Å². The summed E-state index contributed by atoms with van der Waals surface area (Å²) in [5.41, 5.74) is 1.09. The number of hydrogen-bond acceptors (Lipinski definition) is 5. The first-order valence-corrected chi connectivity index (χ1v) is 9.31. The van der Waals surface area contributed by atoms with Crippen LogP contribution in [0.3, 0.4) is 0 Å². The second-order valence-corrected chi connectivity index (χ2v) is 6.39. The molecule has 2 aromatic carbocycles. The van der Waals surface area contributed by atoms with Crippen LogP contribution in [0, 0.1) is 0 Å². The maximum Gasteiger partial charge on any atom is 0.348 e. The van der Waals surface area contributed by atoms with E-state index in [9.17, 15) is 14.7 Å². The Labute approximate surface area is 163 Å². The van der Waals surface area contributed by atoms with Crippen molar-refractivity contribution in [3.05, 3.63) is 83.3 Å². The molecule has 3 rings (SSSR count). The van der Waals surface area contributed by atoms with Crippen molar-refractivity contribution in [2.75, 3.05) is 6.61 Å². The fraction of sp³-hybridized carbons (Fsp3) is 0.217. The molecular weight excluding hydrogens is 356 g/mol. The predicted molar refractivity (Wildman–Crippen MR) is 106 cm³/mol. The standard InChI is InChI=1S/C23H22O5/c1-2-3-10-15-27-22(25)19(17-13-8-5-9-14-17)21-20(24)18(23(26)28-21)16-11-6-4-7-12-16/h4-9,11-14,24H,2-3,10,15H2,1H3. The van der Waals surface area contributed by atoms with E-state index in [0.29, 0.717) is 11.1 Å². The summed E-state index contributed by atoms with van der Waals surface area (Å²) in [5, 5.41) is 10.7. The molecule has 1 aliphatic heterocycles. The molecule has 144 valence electrons. The lowest BCUT2D eigenvalue weighted by Gasteiger charge is -2.11. The molecule has 5 heteroatoms. The Kier molecular flexibility index (Phi) is 6.27. The highest BCUT2D eigenvalue weighted by atomic mass is 16.6. The van der Waals surface area contributed by atoms with E-state index in [-0.39, 0.29) is 29.3 Å². The third-order valence-corrected chi connectivity index (χ3v) is 4.39. The zero-order valence-corrected chi connectivity index (χ0v) is 15.7. The van der Waals surface area contributed by atoms with Gasteiger partial charge in [0.15, 0.2) is 11.5 Å². The Hall–Kier alpha value is -3.34. The number of hydrogen-bond donors (Lipinski definition) is 1. The van der Waals surface area contributed by atoms with Gasteiger partial charge in [0.2, 0.25) is 0 Å². The molecule has 1 heterocycles. The molecule has 0 saturated carbocycles. The van der Waals surface area contributed by atoms with E-state index < -0.39 is 11.9 Å². The quantitative estimate of drug-likeness (QED) is 0.431. The monoisotopic (exact) mass is 378 g/mol. The van der Waals surface area contributed by atoms with Crippen LogP contribution in [0.5, 0.6) is 0 Å². The van der Waals surface area contributed by atoms with Gasteiger partial charge in [0.25, 0.3) is 0 Å². The van der Waals surface area contributed by atoms with Crippen LogP contribution in [-0.4, -0.2) is 23.7 Å². The van der Waals surface area contributed by atoms with Crippen LogP contribution in [0.4, 0.5) is 0 Å². The molecule has 0 aromatic heterocycles. The van der Waals surface area contributed by atoms with Crippen molar-refractivity contribution in [1.29, 1.82) is 0 Å². The minimum Gasteiger partial charge on any atom is -0.504 e. The smallest absolute Gasteiger partial charge is 0.348 e. The van der Waals surface area contributed by atoms with E-state index in [4.69, 9.17) is 9.47 Å². The van der Waals surface area contributed by atoms with Crippen molar-refractivity contribution >= 4 is 23.1 Å². The highest BCUT2D eigenvalue weighted by molar-refractivity contribution is 6.25. The second kappa shape index (κ2) is 9.04. The zero-order chi connectivity index (χ0) is 19.9. The van der Waals surface area contributed by atoms with E-state index in [2.05, 4.69) is 6.92 Å². The minimum absolute atomic E-state index is 0.0304. The Morgan fingerprint density at radius 1 is 1.00 bits per heavy atom. The van der Waals surface area contributed by atoms with Gasteiger partial charge in [-0.1, -0.05) is 80.4 Å². The van der Waals surface area contributed by atoms with Gasteiger partial charge in [0.05, 0.1) is 6.61 Å². The molecule has 0 amide bonds. The van der Waals surface area contributed by atoms with Crippen molar-refractivity contribution in [1.82, 2.24) is 0 Å². The maximum atomic E-state index is 12.8. The van der Waals surface area contributed by atoms with Crippen LogP contribution < -0.4 is 0 Å². The molecule has 1 aliphatic rings. The summed E-state index contributed by atoms with van der Waals surface area (Å²) in [4.78, 5) is 25.2. The van der Waals surface area contributed by atoms with Gasteiger partial charge in [-0.2, -0.15) is 0 Å². The number of aliphatic hydroxyl groups is 1. The van der Waals surface area contributed by atoms with Gasteiger partial charge in [-0.3, -0.25) is 0 Å².